The van der Waals surface area contributed by atoms with Gasteiger partial charge in [0.2, 0.25) is 0 Å². The van der Waals surface area contributed by atoms with Gasteiger partial charge in [-0.1, -0.05) is 22.0 Å². The molecule has 2 aromatic rings. The molecular weight excluding hydrogens is 302 g/mol. The lowest BCUT2D eigenvalue weighted by Gasteiger charge is -2.11. The molecule has 4 heteroatoms. The number of hydrogen-bond donors (Lipinski definition) is 0. The van der Waals surface area contributed by atoms with Crippen LogP contribution in [0.2, 0.25) is 0 Å². The third kappa shape index (κ3) is 2.99. The normalized spacial score (nSPS) is 10.3. The van der Waals surface area contributed by atoms with Crippen molar-refractivity contribution in [3.63, 3.8) is 0 Å². The molecule has 0 aliphatic rings. The minimum Gasteiger partial charge on any atom is -0.455 e. The summed E-state index contributed by atoms with van der Waals surface area (Å²) in [4.78, 5) is 4.18. The summed E-state index contributed by atoms with van der Waals surface area (Å²) in [6, 6.07) is 9.53. The van der Waals surface area contributed by atoms with Gasteiger partial charge in [0, 0.05) is 16.2 Å². The van der Waals surface area contributed by atoms with Crippen molar-refractivity contribution in [1.29, 1.82) is 0 Å². The van der Waals surface area contributed by atoms with Crippen LogP contribution in [-0.4, -0.2) is 4.98 Å². The van der Waals surface area contributed by atoms with Gasteiger partial charge in [-0.05, 0) is 31.2 Å². The molecule has 17 heavy (non-hydrogen) atoms. The number of aryl methyl sites for hydroxylation is 1. The van der Waals surface area contributed by atoms with E-state index in [9.17, 15) is 0 Å². The lowest BCUT2D eigenvalue weighted by Crippen LogP contribution is -1.93. The number of ether oxygens (including phenoxy) is 1. The third-order valence-corrected chi connectivity index (χ3v) is 3.13. The van der Waals surface area contributed by atoms with E-state index in [2.05, 4.69) is 20.9 Å². The molecule has 2 nitrogen and oxygen atoms in total. The van der Waals surface area contributed by atoms with Crippen LogP contribution in [0.4, 0.5) is 0 Å². The van der Waals surface area contributed by atoms with E-state index in [1.54, 1.807) is 6.20 Å². The van der Waals surface area contributed by atoms with Crippen molar-refractivity contribution in [2.24, 2.45) is 0 Å². The molecular formula is C13H11BrClNO. The van der Waals surface area contributed by atoms with Crippen LogP contribution in [0.1, 0.15) is 11.3 Å². The summed E-state index contributed by atoms with van der Waals surface area (Å²) in [6.45, 7) is 1.91. The highest BCUT2D eigenvalue weighted by Crippen LogP contribution is 2.30. The minimum absolute atomic E-state index is 0.419. The summed E-state index contributed by atoms with van der Waals surface area (Å²) in [5.74, 6) is 1.92. The Labute approximate surface area is 114 Å². The van der Waals surface area contributed by atoms with E-state index < -0.39 is 0 Å². The van der Waals surface area contributed by atoms with Crippen LogP contribution in [0.25, 0.3) is 0 Å². The summed E-state index contributed by atoms with van der Waals surface area (Å²) in [6.07, 6.45) is 1.74. The van der Waals surface area contributed by atoms with Gasteiger partial charge in [-0.3, -0.25) is 4.98 Å². The van der Waals surface area contributed by atoms with Crippen molar-refractivity contribution >= 4 is 27.5 Å². The van der Waals surface area contributed by atoms with Gasteiger partial charge in [0.25, 0.3) is 0 Å². The predicted octanol–water partition coefficient (Wildman–Crippen LogP) is 4.68. The van der Waals surface area contributed by atoms with Gasteiger partial charge in [-0.2, -0.15) is 0 Å². The van der Waals surface area contributed by atoms with Gasteiger partial charge in [0.1, 0.15) is 11.5 Å². The second-order valence-electron chi connectivity index (χ2n) is 3.57. The summed E-state index contributed by atoms with van der Waals surface area (Å²) in [7, 11) is 0. The fraction of sp³-hybridized carbons (Fsp3) is 0.154. The number of hydrogen-bond acceptors (Lipinski definition) is 2. The number of rotatable bonds is 3. The van der Waals surface area contributed by atoms with Gasteiger partial charge in [-0.15, -0.1) is 11.6 Å². The molecule has 1 heterocycles. The summed E-state index contributed by atoms with van der Waals surface area (Å²) < 4.78 is 6.80. The van der Waals surface area contributed by atoms with Crippen LogP contribution in [0.3, 0.4) is 0 Å². The standard InChI is InChI=1S/C13H11BrClNO/c1-9-12(3-2-6-16-9)17-13-7-11(14)5-4-10(13)8-15/h2-7H,8H2,1H3. The Kier molecular flexibility index (Phi) is 4.02. The van der Waals surface area contributed by atoms with Crippen LogP contribution in [0.15, 0.2) is 41.0 Å². The Hall–Kier alpha value is -1.06. The molecule has 0 N–H and O–H groups in total. The van der Waals surface area contributed by atoms with Crippen molar-refractivity contribution < 1.29 is 4.74 Å². The maximum absolute atomic E-state index is 5.88. The molecule has 0 spiro atoms. The third-order valence-electron chi connectivity index (χ3n) is 2.35. The number of alkyl halides is 1. The maximum atomic E-state index is 5.88. The first-order valence-corrected chi connectivity index (χ1v) is 6.47. The zero-order valence-corrected chi connectivity index (χ0v) is 11.6. The van der Waals surface area contributed by atoms with Crippen LogP contribution in [-0.2, 0) is 5.88 Å². The van der Waals surface area contributed by atoms with E-state index in [0.717, 1.165) is 27.2 Å². The Morgan fingerprint density at radius 3 is 2.82 bits per heavy atom. The number of aromatic nitrogens is 1. The van der Waals surface area contributed by atoms with E-state index in [-0.39, 0.29) is 0 Å². The quantitative estimate of drug-likeness (QED) is 0.767. The average Bonchev–Trinajstić information content (AvgIpc) is 2.32. The number of pyridine rings is 1. The first-order chi connectivity index (χ1) is 8.20. The first kappa shape index (κ1) is 12.4. The number of halogens is 2. The van der Waals surface area contributed by atoms with E-state index >= 15 is 0 Å². The van der Waals surface area contributed by atoms with Crippen LogP contribution >= 0.6 is 27.5 Å². The smallest absolute Gasteiger partial charge is 0.148 e. The molecule has 0 atom stereocenters. The molecule has 88 valence electrons. The summed E-state index contributed by atoms with van der Waals surface area (Å²) in [5, 5.41) is 0. The molecule has 0 aliphatic carbocycles. The van der Waals surface area contributed by atoms with Crippen molar-refractivity contribution in [3.8, 4) is 11.5 Å². The van der Waals surface area contributed by atoms with Crippen LogP contribution in [0, 0.1) is 6.92 Å². The van der Waals surface area contributed by atoms with Gasteiger partial charge >= 0.3 is 0 Å². The molecule has 0 fully saturated rings. The van der Waals surface area contributed by atoms with E-state index in [0.29, 0.717) is 5.88 Å². The predicted molar refractivity (Wildman–Crippen MR) is 72.7 cm³/mol. The Morgan fingerprint density at radius 2 is 2.12 bits per heavy atom. The largest absolute Gasteiger partial charge is 0.455 e. The fourth-order valence-corrected chi connectivity index (χ4v) is 1.99. The molecule has 0 radical (unpaired) electrons. The Morgan fingerprint density at radius 1 is 1.29 bits per heavy atom. The average molecular weight is 313 g/mol. The monoisotopic (exact) mass is 311 g/mol. The Balaban J connectivity index is 2.35. The van der Waals surface area contributed by atoms with Crippen molar-refractivity contribution in [2.75, 3.05) is 0 Å². The second-order valence-corrected chi connectivity index (χ2v) is 4.76. The molecule has 0 saturated heterocycles. The van der Waals surface area contributed by atoms with Crippen LogP contribution in [0.5, 0.6) is 11.5 Å². The van der Waals surface area contributed by atoms with Crippen molar-refractivity contribution in [1.82, 2.24) is 4.98 Å². The number of nitrogens with zero attached hydrogens (tertiary/aromatic N) is 1. The van der Waals surface area contributed by atoms with E-state index in [1.807, 2.05) is 37.3 Å². The zero-order valence-electron chi connectivity index (χ0n) is 9.28. The molecule has 2 rings (SSSR count). The minimum atomic E-state index is 0.419. The van der Waals surface area contributed by atoms with Gasteiger partial charge in [0.05, 0.1) is 11.6 Å². The highest BCUT2D eigenvalue weighted by molar-refractivity contribution is 9.10. The van der Waals surface area contributed by atoms with Crippen molar-refractivity contribution in [2.45, 2.75) is 12.8 Å². The van der Waals surface area contributed by atoms with Gasteiger partial charge < -0.3 is 4.74 Å². The molecule has 0 aliphatic heterocycles. The molecule has 1 aromatic carbocycles. The van der Waals surface area contributed by atoms with E-state index in [4.69, 9.17) is 16.3 Å². The summed E-state index contributed by atoms with van der Waals surface area (Å²) >= 11 is 9.30. The molecule has 0 amide bonds. The first-order valence-electron chi connectivity index (χ1n) is 5.14. The molecule has 0 bridgehead atoms. The lowest BCUT2D eigenvalue weighted by molar-refractivity contribution is 0.471. The zero-order chi connectivity index (χ0) is 12.3. The Bertz CT molecular complexity index is 531. The molecule has 0 saturated carbocycles. The number of benzene rings is 1. The highest BCUT2D eigenvalue weighted by Gasteiger charge is 2.07. The summed E-state index contributed by atoms with van der Waals surface area (Å²) in [5.41, 5.74) is 1.81. The lowest BCUT2D eigenvalue weighted by atomic mass is 10.2. The molecule has 0 unspecified atom stereocenters. The second kappa shape index (κ2) is 5.52. The SMILES string of the molecule is Cc1ncccc1Oc1cc(Br)ccc1CCl. The topological polar surface area (TPSA) is 22.1 Å². The van der Waals surface area contributed by atoms with E-state index in [1.165, 1.54) is 0 Å². The highest BCUT2D eigenvalue weighted by atomic mass is 79.9. The maximum Gasteiger partial charge on any atom is 0.148 e. The molecule has 1 aromatic heterocycles. The van der Waals surface area contributed by atoms with Gasteiger partial charge in [-0.25, -0.2) is 0 Å². The van der Waals surface area contributed by atoms with Crippen LogP contribution < -0.4 is 4.74 Å². The fourth-order valence-electron chi connectivity index (χ4n) is 1.43. The van der Waals surface area contributed by atoms with Gasteiger partial charge in [0.15, 0.2) is 0 Å². The van der Waals surface area contributed by atoms with Crippen molar-refractivity contribution in [3.05, 3.63) is 52.3 Å².